The van der Waals surface area contributed by atoms with E-state index in [0.717, 1.165) is 6.61 Å². The minimum absolute atomic E-state index is 0.281. The SMILES string of the molecule is CCCCOC1(CCCC)CCCCC1. The highest BCUT2D eigenvalue weighted by molar-refractivity contribution is 4.84. The van der Waals surface area contributed by atoms with Crippen LogP contribution in [0.15, 0.2) is 0 Å². The van der Waals surface area contributed by atoms with E-state index >= 15 is 0 Å². The first kappa shape index (κ1) is 13.0. The third-order valence-corrected chi connectivity index (χ3v) is 3.66. The zero-order valence-electron chi connectivity index (χ0n) is 10.7. The standard InChI is InChI=1S/C14H28O/c1-3-5-10-14(15-13-6-4-2)11-8-7-9-12-14/h3-13H2,1-2H3. The zero-order valence-corrected chi connectivity index (χ0v) is 10.7. The Kier molecular flexibility index (Phi) is 6.31. The van der Waals surface area contributed by atoms with Gasteiger partial charge in [-0.2, -0.15) is 0 Å². The molecule has 0 aromatic carbocycles. The molecule has 0 amide bonds. The molecule has 0 N–H and O–H groups in total. The van der Waals surface area contributed by atoms with Crippen molar-refractivity contribution in [2.75, 3.05) is 6.61 Å². The monoisotopic (exact) mass is 212 g/mol. The van der Waals surface area contributed by atoms with Gasteiger partial charge in [0.05, 0.1) is 5.60 Å². The average molecular weight is 212 g/mol. The molecule has 1 fully saturated rings. The summed E-state index contributed by atoms with van der Waals surface area (Å²) >= 11 is 0. The molecule has 0 unspecified atom stereocenters. The molecule has 0 aromatic rings. The minimum atomic E-state index is 0.281. The van der Waals surface area contributed by atoms with Gasteiger partial charge in [-0.3, -0.25) is 0 Å². The Morgan fingerprint density at radius 3 is 2.20 bits per heavy atom. The van der Waals surface area contributed by atoms with Crippen molar-refractivity contribution in [2.24, 2.45) is 0 Å². The predicted octanol–water partition coefficient (Wildman–Crippen LogP) is 4.70. The predicted molar refractivity (Wildman–Crippen MR) is 66.2 cm³/mol. The van der Waals surface area contributed by atoms with E-state index < -0.39 is 0 Å². The number of hydrogen-bond acceptors (Lipinski definition) is 1. The fraction of sp³-hybridized carbons (Fsp3) is 1.00. The van der Waals surface area contributed by atoms with Crippen LogP contribution in [0.5, 0.6) is 0 Å². The lowest BCUT2D eigenvalue weighted by atomic mass is 9.81. The van der Waals surface area contributed by atoms with Crippen LogP contribution in [0.25, 0.3) is 0 Å². The molecule has 0 aliphatic heterocycles. The van der Waals surface area contributed by atoms with E-state index in [4.69, 9.17) is 4.74 Å². The van der Waals surface area contributed by atoms with Crippen molar-refractivity contribution >= 4 is 0 Å². The van der Waals surface area contributed by atoms with Gasteiger partial charge in [0.2, 0.25) is 0 Å². The molecule has 0 heterocycles. The summed E-state index contributed by atoms with van der Waals surface area (Å²) in [6, 6.07) is 0. The molecule has 1 nitrogen and oxygen atoms in total. The highest BCUT2D eigenvalue weighted by Crippen LogP contribution is 2.35. The molecule has 1 aliphatic carbocycles. The van der Waals surface area contributed by atoms with E-state index in [0.29, 0.717) is 0 Å². The second kappa shape index (κ2) is 7.27. The average Bonchev–Trinajstić information content (AvgIpc) is 2.28. The lowest BCUT2D eigenvalue weighted by Crippen LogP contribution is -2.35. The largest absolute Gasteiger partial charge is 0.375 e. The van der Waals surface area contributed by atoms with Crippen LogP contribution in [-0.2, 0) is 4.74 Å². The molecule has 15 heavy (non-hydrogen) atoms. The fourth-order valence-corrected chi connectivity index (χ4v) is 2.59. The summed E-state index contributed by atoms with van der Waals surface area (Å²) in [6.45, 7) is 5.51. The topological polar surface area (TPSA) is 9.23 Å². The first-order chi connectivity index (χ1) is 7.33. The van der Waals surface area contributed by atoms with Crippen molar-refractivity contribution in [3.8, 4) is 0 Å². The van der Waals surface area contributed by atoms with Gasteiger partial charge in [0.1, 0.15) is 0 Å². The van der Waals surface area contributed by atoms with Crippen LogP contribution >= 0.6 is 0 Å². The van der Waals surface area contributed by atoms with Crippen molar-refractivity contribution < 1.29 is 4.74 Å². The Bertz CT molecular complexity index is 147. The summed E-state index contributed by atoms with van der Waals surface area (Å²) < 4.78 is 6.21. The Morgan fingerprint density at radius 1 is 0.933 bits per heavy atom. The van der Waals surface area contributed by atoms with E-state index in [9.17, 15) is 0 Å². The Hall–Kier alpha value is -0.0400. The molecule has 0 bridgehead atoms. The van der Waals surface area contributed by atoms with E-state index in [1.54, 1.807) is 0 Å². The van der Waals surface area contributed by atoms with Gasteiger partial charge < -0.3 is 4.74 Å². The highest BCUT2D eigenvalue weighted by atomic mass is 16.5. The Labute approximate surface area is 95.6 Å². The van der Waals surface area contributed by atoms with Crippen molar-refractivity contribution in [1.82, 2.24) is 0 Å². The second-order valence-electron chi connectivity index (χ2n) is 5.05. The van der Waals surface area contributed by atoms with Gasteiger partial charge in [-0.05, 0) is 25.7 Å². The Balaban J connectivity index is 2.35. The maximum absolute atomic E-state index is 6.21. The van der Waals surface area contributed by atoms with Crippen molar-refractivity contribution in [3.63, 3.8) is 0 Å². The molecule has 0 saturated heterocycles. The molecular formula is C14H28O. The van der Waals surface area contributed by atoms with Crippen molar-refractivity contribution in [1.29, 1.82) is 0 Å². The summed E-state index contributed by atoms with van der Waals surface area (Å²) in [5, 5.41) is 0. The van der Waals surface area contributed by atoms with E-state index in [1.165, 1.54) is 64.2 Å². The number of hydrogen-bond donors (Lipinski definition) is 0. The smallest absolute Gasteiger partial charge is 0.0682 e. The van der Waals surface area contributed by atoms with Crippen LogP contribution in [0.1, 0.15) is 78.1 Å². The van der Waals surface area contributed by atoms with Gasteiger partial charge in [0, 0.05) is 6.61 Å². The van der Waals surface area contributed by atoms with E-state index in [-0.39, 0.29) is 5.60 Å². The molecule has 1 aliphatic rings. The van der Waals surface area contributed by atoms with Crippen LogP contribution < -0.4 is 0 Å². The summed E-state index contributed by atoms with van der Waals surface area (Å²) in [5.41, 5.74) is 0.281. The lowest BCUT2D eigenvalue weighted by molar-refractivity contribution is -0.0777. The third kappa shape index (κ3) is 4.55. The van der Waals surface area contributed by atoms with Gasteiger partial charge in [0.15, 0.2) is 0 Å². The maximum atomic E-state index is 6.21. The molecule has 0 atom stereocenters. The third-order valence-electron chi connectivity index (χ3n) is 3.66. The molecule has 1 saturated carbocycles. The van der Waals surface area contributed by atoms with Crippen LogP contribution in [-0.4, -0.2) is 12.2 Å². The van der Waals surface area contributed by atoms with Gasteiger partial charge in [-0.15, -0.1) is 0 Å². The van der Waals surface area contributed by atoms with Crippen molar-refractivity contribution in [3.05, 3.63) is 0 Å². The van der Waals surface area contributed by atoms with E-state index in [1.807, 2.05) is 0 Å². The molecule has 0 spiro atoms. The normalized spacial score (nSPS) is 20.4. The van der Waals surface area contributed by atoms with Crippen LogP contribution in [0.4, 0.5) is 0 Å². The molecule has 1 heteroatoms. The molecule has 0 radical (unpaired) electrons. The minimum Gasteiger partial charge on any atom is -0.375 e. The second-order valence-corrected chi connectivity index (χ2v) is 5.05. The summed E-state index contributed by atoms with van der Waals surface area (Å²) in [5.74, 6) is 0. The quantitative estimate of drug-likeness (QED) is 0.556. The Morgan fingerprint density at radius 2 is 1.60 bits per heavy atom. The summed E-state index contributed by atoms with van der Waals surface area (Å²) in [7, 11) is 0. The number of ether oxygens (including phenoxy) is 1. The fourth-order valence-electron chi connectivity index (χ4n) is 2.59. The van der Waals surface area contributed by atoms with Gasteiger partial charge in [-0.1, -0.05) is 52.4 Å². The summed E-state index contributed by atoms with van der Waals surface area (Å²) in [6.07, 6.45) is 13.3. The summed E-state index contributed by atoms with van der Waals surface area (Å²) in [4.78, 5) is 0. The van der Waals surface area contributed by atoms with Gasteiger partial charge in [-0.25, -0.2) is 0 Å². The molecule has 1 rings (SSSR count). The zero-order chi connectivity index (χ0) is 11.0. The molecule has 90 valence electrons. The first-order valence-corrected chi connectivity index (χ1v) is 6.97. The van der Waals surface area contributed by atoms with Crippen LogP contribution in [0.2, 0.25) is 0 Å². The highest BCUT2D eigenvalue weighted by Gasteiger charge is 2.31. The maximum Gasteiger partial charge on any atom is 0.0682 e. The number of unbranched alkanes of at least 4 members (excludes halogenated alkanes) is 2. The lowest BCUT2D eigenvalue weighted by Gasteiger charge is -2.37. The number of rotatable bonds is 7. The van der Waals surface area contributed by atoms with Crippen molar-refractivity contribution in [2.45, 2.75) is 83.7 Å². The van der Waals surface area contributed by atoms with Gasteiger partial charge >= 0.3 is 0 Å². The van der Waals surface area contributed by atoms with Crippen LogP contribution in [0.3, 0.4) is 0 Å². The molecular weight excluding hydrogens is 184 g/mol. The first-order valence-electron chi connectivity index (χ1n) is 6.97. The van der Waals surface area contributed by atoms with Crippen LogP contribution in [0, 0.1) is 0 Å². The van der Waals surface area contributed by atoms with E-state index in [2.05, 4.69) is 13.8 Å². The molecule has 0 aromatic heterocycles. The van der Waals surface area contributed by atoms with Gasteiger partial charge in [0.25, 0.3) is 0 Å².